The highest BCUT2D eigenvalue weighted by Gasteiger charge is 2.15. The first kappa shape index (κ1) is 13.7. The zero-order valence-corrected chi connectivity index (χ0v) is 12.5. The van der Waals surface area contributed by atoms with Crippen molar-refractivity contribution < 1.29 is 4.79 Å². The highest BCUT2D eigenvalue weighted by Crippen LogP contribution is 2.29. The van der Waals surface area contributed by atoms with Crippen molar-refractivity contribution in [1.29, 1.82) is 0 Å². The van der Waals surface area contributed by atoms with Gasteiger partial charge in [0.25, 0.3) is 5.91 Å². The summed E-state index contributed by atoms with van der Waals surface area (Å²) in [7, 11) is 0. The van der Waals surface area contributed by atoms with Gasteiger partial charge in [-0.15, -0.1) is 0 Å². The lowest BCUT2D eigenvalue weighted by atomic mass is 10.0. The summed E-state index contributed by atoms with van der Waals surface area (Å²) in [5.74, 6) is -0.0444. The second-order valence-corrected chi connectivity index (χ2v) is 5.62. The number of amides is 1. The van der Waals surface area contributed by atoms with Crippen molar-refractivity contribution in [2.45, 2.75) is 26.7 Å². The first-order chi connectivity index (χ1) is 10.1. The predicted octanol–water partition coefficient (Wildman–Crippen LogP) is 3.91. The molecule has 0 fully saturated rings. The summed E-state index contributed by atoms with van der Waals surface area (Å²) >= 11 is 0. The molecule has 0 atom stereocenters. The van der Waals surface area contributed by atoms with Gasteiger partial charge in [0.1, 0.15) is 0 Å². The third-order valence-corrected chi connectivity index (χ3v) is 4.11. The maximum Gasteiger partial charge on any atom is 0.255 e. The Bertz CT molecular complexity index is 692. The van der Waals surface area contributed by atoms with E-state index in [0.717, 1.165) is 36.3 Å². The highest BCUT2D eigenvalue weighted by atomic mass is 16.1. The number of hydrogen-bond acceptors (Lipinski definition) is 2. The second kappa shape index (κ2) is 5.60. The van der Waals surface area contributed by atoms with Gasteiger partial charge in [-0.3, -0.25) is 4.79 Å². The van der Waals surface area contributed by atoms with E-state index in [0.29, 0.717) is 5.56 Å². The number of fused-ring (bicyclic) bond motifs is 1. The first-order valence-corrected chi connectivity index (χ1v) is 7.39. The lowest BCUT2D eigenvalue weighted by Crippen LogP contribution is -2.17. The molecule has 3 rings (SSSR count). The lowest BCUT2D eigenvalue weighted by molar-refractivity contribution is 0.102. The van der Waals surface area contributed by atoms with Gasteiger partial charge in [-0.05, 0) is 67.6 Å². The maximum absolute atomic E-state index is 12.4. The maximum atomic E-state index is 12.4. The molecule has 0 bridgehead atoms. The van der Waals surface area contributed by atoms with Gasteiger partial charge < -0.3 is 10.6 Å². The van der Waals surface area contributed by atoms with Crippen molar-refractivity contribution in [1.82, 2.24) is 0 Å². The van der Waals surface area contributed by atoms with E-state index in [-0.39, 0.29) is 5.91 Å². The number of anilines is 2. The molecule has 3 heteroatoms. The van der Waals surface area contributed by atoms with Gasteiger partial charge in [0.15, 0.2) is 0 Å². The third-order valence-electron chi connectivity index (χ3n) is 4.11. The standard InChI is InChI=1S/C18H20N2O/c1-12-8-9-14(11-13(12)2)18(21)20-17-7-3-6-16-15(17)5-4-10-19-16/h3,6-9,11,19H,4-5,10H2,1-2H3,(H,20,21). The Morgan fingerprint density at radius 3 is 2.81 bits per heavy atom. The number of nitrogens with one attached hydrogen (secondary N) is 2. The van der Waals surface area contributed by atoms with Gasteiger partial charge in [-0.25, -0.2) is 0 Å². The van der Waals surface area contributed by atoms with Crippen molar-refractivity contribution in [3.8, 4) is 0 Å². The van der Waals surface area contributed by atoms with Crippen LogP contribution in [0.25, 0.3) is 0 Å². The summed E-state index contributed by atoms with van der Waals surface area (Å²) in [4.78, 5) is 12.4. The Morgan fingerprint density at radius 2 is 2.00 bits per heavy atom. The van der Waals surface area contributed by atoms with Gasteiger partial charge in [-0.2, -0.15) is 0 Å². The number of hydrogen-bond donors (Lipinski definition) is 2. The fourth-order valence-corrected chi connectivity index (χ4v) is 2.70. The van der Waals surface area contributed by atoms with Crippen LogP contribution in [-0.2, 0) is 6.42 Å². The average Bonchev–Trinajstić information content (AvgIpc) is 2.50. The van der Waals surface area contributed by atoms with E-state index >= 15 is 0 Å². The second-order valence-electron chi connectivity index (χ2n) is 5.62. The fourth-order valence-electron chi connectivity index (χ4n) is 2.70. The topological polar surface area (TPSA) is 41.1 Å². The van der Waals surface area contributed by atoms with E-state index in [2.05, 4.69) is 23.6 Å². The van der Waals surface area contributed by atoms with E-state index < -0.39 is 0 Å². The minimum absolute atomic E-state index is 0.0444. The fraction of sp³-hybridized carbons (Fsp3) is 0.278. The molecule has 108 valence electrons. The molecule has 1 aliphatic heterocycles. The quantitative estimate of drug-likeness (QED) is 0.875. The van der Waals surface area contributed by atoms with Crippen molar-refractivity contribution in [2.75, 3.05) is 17.2 Å². The molecule has 1 amide bonds. The minimum Gasteiger partial charge on any atom is -0.385 e. The van der Waals surface area contributed by atoms with Crippen molar-refractivity contribution >= 4 is 17.3 Å². The minimum atomic E-state index is -0.0444. The third kappa shape index (κ3) is 2.77. The van der Waals surface area contributed by atoms with Crippen LogP contribution in [0, 0.1) is 13.8 Å². The largest absolute Gasteiger partial charge is 0.385 e. The number of benzene rings is 2. The normalized spacial score (nSPS) is 13.2. The Balaban J connectivity index is 1.86. The summed E-state index contributed by atoms with van der Waals surface area (Å²) < 4.78 is 0. The van der Waals surface area contributed by atoms with Crippen molar-refractivity contribution in [3.05, 3.63) is 58.7 Å². The Kier molecular flexibility index (Phi) is 3.65. The van der Waals surface area contributed by atoms with E-state index in [1.54, 1.807) is 0 Å². The molecule has 2 aromatic rings. The van der Waals surface area contributed by atoms with Crippen LogP contribution in [0.15, 0.2) is 36.4 Å². The summed E-state index contributed by atoms with van der Waals surface area (Å²) in [6.45, 7) is 5.08. The van der Waals surface area contributed by atoms with E-state index in [4.69, 9.17) is 0 Å². The van der Waals surface area contributed by atoms with E-state index in [1.165, 1.54) is 11.1 Å². The van der Waals surface area contributed by atoms with Crippen molar-refractivity contribution in [3.63, 3.8) is 0 Å². The first-order valence-electron chi connectivity index (χ1n) is 7.39. The summed E-state index contributed by atoms with van der Waals surface area (Å²) in [5.41, 5.74) is 6.31. The molecule has 0 aromatic heterocycles. The Labute approximate surface area is 125 Å². The predicted molar refractivity (Wildman–Crippen MR) is 87.1 cm³/mol. The monoisotopic (exact) mass is 280 g/mol. The van der Waals surface area contributed by atoms with Gasteiger partial charge in [-0.1, -0.05) is 12.1 Å². The zero-order chi connectivity index (χ0) is 14.8. The van der Waals surface area contributed by atoms with Crippen LogP contribution in [0.4, 0.5) is 11.4 Å². The molecule has 1 aliphatic rings. The SMILES string of the molecule is Cc1ccc(C(=O)Nc2cccc3c2CCCN3)cc1C. The van der Waals surface area contributed by atoms with Gasteiger partial charge >= 0.3 is 0 Å². The van der Waals surface area contributed by atoms with Crippen LogP contribution in [0.5, 0.6) is 0 Å². The Morgan fingerprint density at radius 1 is 1.14 bits per heavy atom. The molecule has 1 heterocycles. The summed E-state index contributed by atoms with van der Waals surface area (Å²) in [6.07, 6.45) is 2.11. The molecule has 0 saturated carbocycles. The summed E-state index contributed by atoms with van der Waals surface area (Å²) in [6, 6.07) is 11.8. The zero-order valence-electron chi connectivity index (χ0n) is 12.5. The smallest absolute Gasteiger partial charge is 0.255 e. The highest BCUT2D eigenvalue weighted by molar-refractivity contribution is 6.05. The molecular weight excluding hydrogens is 260 g/mol. The van der Waals surface area contributed by atoms with Crippen LogP contribution < -0.4 is 10.6 Å². The van der Waals surface area contributed by atoms with Crippen LogP contribution in [0.3, 0.4) is 0 Å². The Hall–Kier alpha value is -2.29. The van der Waals surface area contributed by atoms with E-state index in [1.807, 2.05) is 37.3 Å². The van der Waals surface area contributed by atoms with Gasteiger partial charge in [0.2, 0.25) is 0 Å². The van der Waals surface area contributed by atoms with Gasteiger partial charge in [0, 0.05) is 23.5 Å². The molecule has 21 heavy (non-hydrogen) atoms. The number of aryl methyl sites for hydroxylation is 2. The van der Waals surface area contributed by atoms with Crippen LogP contribution in [0.1, 0.15) is 33.5 Å². The van der Waals surface area contributed by atoms with Gasteiger partial charge in [0.05, 0.1) is 0 Å². The molecule has 0 saturated heterocycles. The summed E-state index contributed by atoms with van der Waals surface area (Å²) in [5, 5.41) is 6.44. The molecule has 0 aliphatic carbocycles. The molecule has 3 nitrogen and oxygen atoms in total. The molecule has 0 radical (unpaired) electrons. The van der Waals surface area contributed by atoms with Crippen molar-refractivity contribution in [2.24, 2.45) is 0 Å². The molecule has 0 unspecified atom stereocenters. The number of carbonyl (C=O) groups is 1. The van der Waals surface area contributed by atoms with Crippen LogP contribution >= 0.6 is 0 Å². The molecule has 2 aromatic carbocycles. The van der Waals surface area contributed by atoms with Crippen LogP contribution in [-0.4, -0.2) is 12.5 Å². The molecular formula is C18H20N2O. The molecule has 0 spiro atoms. The number of rotatable bonds is 2. The number of carbonyl (C=O) groups excluding carboxylic acids is 1. The molecule has 2 N–H and O–H groups in total. The van der Waals surface area contributed by atoms with E-state index in [9.17, 15) is 4.79 Å². The van der Waals surface area contributed by atoms with Crippen LogP contribution in [0.2, 0.25) is 0 Å². The average molecular weight is 280 g/mol. The lowest BCUT2D eigenvalue weighted by Gasteiger charge is -2.21.